The molecule has 0 aliphatic carbocycles. The van der Waals surface area contributed by atoms with Crippen molar-refractivity contribution in [2.75, 3.05) is 26.7 Å². The minimum absolute atomic E-state index is 0.00238. The van der Waals surface area contributed by atoms with Gasteiger partial charge in [0.15, 0.2) is 0 Å². The van der Waals surface area contributed by atoms with Crippen LogP contribution in [0.1, 0.15) is 20.3 Å². The van der Waals surface area contributed by atoms with Crippen molar-refractivity contribution in [2.45, 2.75) is 32.4 Å². The smallest absolute Gasteiger partial charge is 0.352 e. The standard InChI is InChI=1S/C17H25N3O5/c1-8-11(7-19-5-4-10(6-19)15(22)18-3)14(17(24)25)20-13(8)12(9(2)21)16(20)23/h8-10,12-13,21H,4-7H2,1-3H3,(H,18,22)(H,24,25)/t8-,9+,10-,12-,13+/m0/s1. The summed E-state index contributed by atoms with van der Waals surface area (Å²) < 4.78 is 0. The molecule has 5 atom stereocenters. The Morgan fingerprint density at radius 3 is 2.64 bits per heavy atom. The zero-order valence-electron chi connectivity index (χ0n) is 14.7. The molecule has 138 valence electrons. The van der Waals surface area contributed by atoms with E-state index >= 15 is 0 Å². The fourth-order valence-electron chi connectivity index (χ4n) is 4.49. The average Bonchev–Trinajstić information content (AvgIpc) is 3.10. The molecule has 3 aliphatic rings. The van der Waals surface area contributed by atoms with Crippen molar-refractivity contribution in [3.63, 3.8) is 0 Å². The van der Waals surface area contributed by atoms with E-state index < -0.39 is 18.0 Å². The number of nitrogens with one attached hydrogen (secondary N) is 1. The number of aliphatic carboxylic acids is 1. The molecule has 3 aliphatic heterocycles. The molecule has 3 rings (SSSR count). The topological polar surface area (TPSA) is 110 Å². The molecule has 2 fully saturated rings. The fourth-order valence-corrected chi connectivity index (χ4v) is 4.49. The summed E-state index contributed by atoms with van der Waals surface area (Å²) in [5.41, 5.74) is 0.773. The highest BCUT2D eigenvalue weighted by Gasteiger charge is 2.59. The van der Waals surface area contributed by atoms with Gasteiger partial charge in [-0.2, -0.15) is 0 Å². The van der Waals surface area contributed by atoms with Crippen molar-refractivity contribution < 1.29 is 24.6 Å². The monoisotopic (exact) mass is 351 g/mol. The van der Waals surface area contributed by atoms with Crippen molar-refractivity contribution in [1.29, 1.82) is 0 Å². The van der Waals surface area contributed by atoms with E-state index in [1.54, 1.807) is 14.0 Å². The fraction of sp³-hybridized carbons (Fsp3) is 0.706. The van der Waals surface area contributed by atoms with Gasteiger partial charge in [0.25, 0.3) is 0 Å². The molecular weight excluding hydrogens is 326 g/mol. The summed E-state index contributed by atoms with van der Waals surface area (Å²) in [5.74, 6) is -2.17. The predicted molar refractivity (Wildman–Crippen MR) is 88.2 cm³/mol. The second kappa shape index (κ2) is 6.42. The van der Waals surface area contributed by atoms with Gasteiger partial charge in [-0.25, -0.2) is 4.79 Å². The number of amides is 2. The number of aliphatic hydroxyl groups excluding tert-OH is 1. The Balaban J connectivity index is 1.80. The number of hydrogen-bond acceptors (Lipinski definition) is 5. The summed E-state index contributed by atoms with van der Waals surface area (Å²) in [4.78, 5) is 39.3. The zero-order chi connectivity index (χ0) is 18.5. The average molecular weight is 351 g/mol. The molecule has 2 saturated heterocycles. The minimum Gasteiger partial charge on any atom is -0.477 e. The number of carbonyl (C=O) groups excluding carboxylic acids is 2. The number of carboxylic acid groups (broad SMARTS) is 1. The second-order valence-electron chi connectivity index (χ2n) is 7.27. The third-order valence-electron chi connectivity index (χ3n) is 5.80. The summed E-state index contributed by atoms with van der Waals surface area (Å²) in [6.45, 7) is 5.22. The third-order valence-corrected chi connectivity index (χ3v) is 5.80. The van der Waals surface area contributed by atoms with Crippen molar-refractivity contribution in [3.05, 3.63) is 11.3 Å². The van der Waals surface area contributed by atoms with Crippen LogP contribution in [-0.2, 0) is 14.4 Å². The number of fused-ring (bicyclic) bond motifs is 1. The highest BCUT2D eigenvalue weighted by Crippen LogP contribution is 2.47. The zero-order valence-corrected chi connectivity index (χ0v) is 14.7. The summed E-state index contributed by atoms with van der Waals surface area (Å²) in [6.07, 6.45) is -0.0541. The van der Waals surface area contributed by atoms with E-state index in [2.05, 4.69) is 10.2 Å². The van der Waals surface area contributed by atoms with Gasteiger partial charge in [-0.15, -0.1) is 0 Å². The number of carbonyl (C=O) groups is 3. The third kappa shape index (κ3) is 2.73. The van der Waals surface area contributed by atoms with E-state index in [4.69, 9.17) is 0 Å². The van der Waals surface area contributed by atoms with Gasteiger partial charge in [-0.1, -0.05) is 6.92 Å². The number of β-lactam (4-membered cyclic amide) rings is 1. The van der Waals surface area contributed by atoms with Crippen molar-refractivity contribution in [2.24, 2.45) is 17.8 Å². The molecule has 0 unspecified atom stereocenters. The van der Waals surface area contributed by atoms with Gasteiger partial charge in [-0.05, 0) is 25.5 Å². The molecule has 0 bridgehead atoms. The molecule has 25 heavy (non-hydrogen) atoms. The molecule has 0 aromatic heterocycles. The second-order valence-corrected chi connectivity index (χ2v) is 7.27. The van der Waals surface area contributed by atoms with Crippen LogP contribution in [0.4, 0.5) is 0 Å². The summed E-state index contributed by atoms with van der Waals surface area (Å²) in [5, 5.41) is 22.1. The van der Waals surface area contributed by atoms with E-state index in [1.807, 2.05) is 6.92 Å². The molecule has 0 spiro atoms. The van der Waals surface area contributed by atoms with Crippen LogP contribution in [-0.4, -0.2) is 76.6 Å². The van der Waals surface area contributed by atoms with E-state index in [-0.39, 0.29) is 35.4 Å². The molecule has 3 heterocycles. The van der Waals surface area contributed by atoms with Crippen LogP contribution in [0.25, 0.3) is 0 Å². The van der Waals surface area contributed by atoms with Crippen molar-refractivity contribution >= 4 is 17.8 Å². The van der Waals surface area contributed by atoms with Crippen molar-refractivity contribution in [3.8, 4) is 0 Å². The Hall–Kier alpha value is -1.93. The molecule has 8 heteroatoms. The Bertz CT molecular complexity index is 644. The Morgan fingerprint density at radius 2 is 2.08 bits per heavy atom. The lowest BCUT2D eigenvalue weighted by atomic mass is 9.77. The molecule has 2 amide bonds. The van der Waals surface area contributed by atoms with E-state index in [1.165, 1.54) is 4.90 Å². The number of carboxylic acids is 1. The van der Waals surface area contributed by atoms with Crippen LogP contribution in [0.3, 0.4) is 0 Å². The lowest BCUT2D eigenvalue weighted by Gasteiger charge is -2.46. The van der Waals surface area contributed by atoms with E-state index in [0.717, 1.165) is 13.0 Å². The lowest BCUT2D eigenvalue weighted by molar-refractivity contribution is -0.163. The van der Waals surface area contributed by atoms with Crippen LogP contribution < -0.4 is 5.32 Å². The Morgan fingerprint density at radius 1 is 1.40 bits per heavy atom. The van der Waals surface area contributed by atoms with E-state index in [9.17, 15) is 24.6 Å². The molecule has 0 aromatic carbocycles. The summed E-state index contributed by atoms with van der Waals surface area (Å²) >= 11 is 0. The first kappa shape index (κ1) is 17.9. The first-order chi connectivity index (χ1) is 11.8. The molecule has 0 aromatic rings. The van der Waals surface area contributed by atoms with E-state index in [0.29, 0.717) is 18.7 Å². The van der Waals surface area contributed by atoms with Crippen LogP contribution in [0.5, 0.6) is 0 Å². The molecular formula is C17H25N3O5. The van der Waals surface area contributed by atoms with Gasteiger partial charge in [0.1, 0.15) is 5.70 Å². The Labute approximate surface area is 146 Å². The number of hydrogen-bond donors (Lipinski definition) is 3. The van der Waals surface area contributed by atoms with Gasteiger partial charge in [0.2, 0.25) is 11.8 Å². The number of likely N-dealkylation sites (tertiary alicyclic amines) is 1. The maximum atomic E-state index is 12.3. The molecule has 0 radical (unpaired) electrons. The maximum absolute atomic E-state index is 12.3. The van der Waals surface area contributed by atoms with Gasteiger partial charge in [-0.3, -0.25) is 14.5 Å². The molecule has 8 nitrogen and oxygen atoms in total. The first-order valence-electron chi connectivity index (χ1n) is 8.69. The van der Waals surface area contributed by atoms with Crippen LogP contribution >= 0.6 is 0 Å². The quantitative estimate of drug-likeness (QED) is 0.562. The molecule has 0 saturated carbocycles. The predicted octanol–water partition coefficient (Wildman–Crippen LogP) is -0.749. The normalized spacial score (nSPS) is 33.3. The largest absolute Gasteiger partial charge is 0.477 e. The highest BCUT2D eigenvalue weighted by molar-refractivity contribution is 6.00. The first-order valence-corrected chi connectivity index (χ1v) is 8.69. The van der Waals surface area contributed by atoms with Gasteiger partial charge in [0, 0.05) is 26.1 Å². The van der Waals surface area contributed by atoms with Crippen LogP contribution in [0.15, 0.2) is 11.3 Å². The highest BCUT2D eigenvalue weighted by atomic mass is 16.4. The number of nitrogens with zero attached hydrogens (tertiary/aromatic N) is 2. The summed E-state index contributed by atoms with van der Waals surface area (Å²) in [7, 11) is 1.61. The van der Waals surface area contributed by atoms with Gasteiger partial charge < -0.3 is 20.4 Å². The number of rotatable bonds is 5. The van der Waals surface area contributed by atoms with Gasteiger partial charge in [0.05, 0.1) is 24.0 Å². The van der Waals surface area contributed by atoms with Crippen LogP contribution in [0.2, 0.25) is 0 Å². The number of aliphatic hydroxyl groups is 1. The minimum atomic E-state index is -1.11. The Kier molecular flexibility index (Phi) is 4.59. The SMILES string of the molecule is CNC(=O)[C@H]1CCN(CC2=C(C(=O)O)N3C(=O)[C@@H]([C@@H](C)O)[C@H]3[C@H]2C)C1. The molecule has 3 N–H and O–H groups in total. The van der Waals surface area contributed by atoms with Crippen LogP contribution in [0, 0.1) is 17.8 Å². The van der Waals surface area contributed by atoms with Gasteiger partial charge >= 0.3 is 5.97 Å². The lowest BCUT2D eigenvalue weighted by Crippen LogP contribution is -2.63. The maximum Gasteiger partial charge on any atom is 0.352 e. The summed E-state index contributed by atoms with van der Waals surface area (Å²) in [6, 6.07) is -0.286. The van der Waals surface area contributed by atoms with Crippen molar-refractivity contribution in [1.82, 2.24) is 15.1 Å².